The van der Waals surface area contributed by atoms with Gasteiger partial charge in [0.25, 0.3) is 5.91 Å². The van der Waals surface area contributed by atoms with Crippen molar-refractivity contribution in [2.45, 2.75) is 6.92 Å². The quantitative estimate of drug-likeness (QED) is 0.383. The van der Waals surface area contributed by atoms with Gasteiger partial charge in [-0.25, -0.2) is 4.79 Å². The molecule has 30 heavy (non-hydrogen) atoms. The average molecular weight is 456 g/mol. The van der Waals surface area contributed by atoms with E-state index in [2.05, 4.69) is 0 Å². The van der Waals surface area contributed by atoms with Crippen LogP contribution >= 0.6 is 35.6 Å². The van der Waals surface area contributed by atoms with Gasteiger partial charge in [-0.2, -0.15) is 0 Å². The van der Waals surface area contributed by atoms with Crippen LogP contribution in [-0.4, -0.2) is 21.3 Å². The molecule has 8 heteroatoms. The fraction of sp³-hybridized carbons (Fsp3) is 0.0455. The molecule has 1 saturated heterocycles. The smallest absolute Gasteiger partial charge is 0.335 e. The summed E-state index contributed by atoms with van der Waals surface area (Å²) in [5.41, 5.74) is 2.31. The van der Waals surface area contributed by atoms with Crippen molar-refractivity contribution < 1.29 is 19.1 Å². The summed E-state index contributed by atoms with van der Waals surface area (Å²) < 4.78 is 6.25. The summed E-state index contributed by atoms with van der Waals surface area (Å²) in [6, 6.07) is 15.3. The summed E-state index contributed by atoms with van der Waals surface area (Å²) in [4.78, 5) is 26.1. The van der Waals surface area contributed by atoms with Crippen LogP contribution in [0.25, 0.3) is 17.4 Å². The van der Waals surface area contributed by atoms with E-state index in [4.69, 9.17) is 28.2 Å². The lowest BCUT2D eigenvalue weighted by molar-refractivity contribution is -0.113. The first-order valence-corrected chi connectivity index (χ1v) is 10.4. The van der Waals surface area contributed by atoms with Crippen LogP contribution in [0.15, 0.2) is 63.9 Å². The number of aromatic carboxylic acids is 1. The van der Waals surface area contributed by atoms with E-state index in [-0.39, 0.29) is 11.5 Å². The molecule has 1 aromatic heterocycles. The Bertz CT molecular complexity index is 1230. The number of carboxylic acids is 1. The molecule has 0 saturated carbocycles. The van der Waals surface area contributed by atoms with E-state index in [0.29, 0.717) is 31.3 Å². The third-order valence-corrected chi connectivity index (χ3v) is 6.06. The summed E-state index contributed by atoms with van der Waals surface area (Å²) >= 11 is 12.8. The highest BCUT2D eigenvalue weighted by atomic mass is 35.5. The number of hydrogen-bond acceptors (Lipinski definition) is 5. The number of amides is 1. The van der Waals surface area contributed by atoms with E-state index in [1.165, 1.54) is 34.9 Å². The van der Waals surface area contributed by atoms with Crippen LogP contribution < -0.4 is 4.90 Å². The second-order valence-electron chi connectivity index (χ2n) is 6.56. The van der Waals surface area contributed by atoms with Crippen LogP contribution in [0, 0.1) is 6.92 Å². The molecule has 150 valence electrons. The van der Waals surface area contributed by atoms with Crippen LogP contribution in [0.3, 0.4) is 0 Å². The molecule has 1 aliphatic rings. The van der Waals surface area contributed by atoms with Gasteiger partial charge in [0.1, 0.15) is 11.5 Å². The number of furan rings is 1. The lowest BCUT2D eigenvalue weighted by Gasteiger charge is -2.14. The monoisotopic (exact) mass is 455 g/mol. The summed E-state index contributed by atoms with van der Waals surface area (Å²) in [5.74, 6) is -0.436. The molecule has 0 bridgehead atoms. The Hall–Kier alpha value is -2.87. The second-order valence-corrected chi connectivity index (χ2v) is 8.64. The largest absolute Gasteiger partial charge is 0.478 e. The maximum atomic E-state index is 12.9. The summed E-state index contributed by atoms with van der Waals surface area (Å²) in [5, 5.41) is 9.56. The summed E-state index contributed by atoms with van der Waals surface area (Å²) in [6.45, 7) is 1.95. The fourth-order valence-electron chi connectivity index (χ4n) is 3.01. The van der Waals surface area contributed by atoms with Crippen molar-refractivity contribution in [3.63, 3.8) is 0 Å². The van der Waals surface area contributed by atoms with Gasteiger partial charge in [-0.1, -0.05) is 47.7 Å². The van der Waals surface area contributed by atoms with Crippen molar-refractivity contribution in [3.8, 4) is 11.3 Å². The van der Waals surface area contributed by atoms with Crippen LogP contribution in [-0.2, 0) is 4.79 Å². The van der Waals surface area contributed by atoms with Crippen molar-refractivity contribution in [1.29, 1.82) is 0 Å². The molecule has 1 N–H and O–H groups in total. The van der Waals surface area contributed by atoms with Crippen molar-refractivity contribution in [2.24, 2.45) is 0 Å². The number of carbonyl (C=O) groups is 2. The topological polar surface area (TPSA) is 70.8 Å². The van der Waals surface area contributed by atoms with Crippen LogP contribution in [0.1, 0.15) is 21.7 Å². The van der Waals surface area contributed by atoms with E-state index in [1.54, 1.807) is 18.2 Å². The average Bonchev–Trinajstić information content (AvgIpc) is 3.26. The maximum absolute atomic E-state index is 12.9. The Balaban J connectivity index is 1.64. The molecule has 2 heterocycles. The van der Waals surface area contributed by atoms with E-state index >= 15 is 0 Å². The van der Waals surface area contributed by atoms with Gasteiger partial charge in [0.05, 0.1) is 21.2 Å². The van der Waals surface area contributed by atoms with E-state index in [9.17, 15) is 14.7 Å². The van der Waals surface area contributed by atoms with Gasteiger partial charge in [-0.15, -0.1) is 0 Å². The number of benzene rings is 2. The number of hydrogen-bond donors (Lipinski definition) is 1. The predicted octanol–water partition coefficient (Wildman–Crippen LogP) is 6.01. The Morgan fingerprint density at radius 2 is 2.00 bits per heavy atom. The van der Waals surface area contributed by atoms with Crippen LogP contribution in [0.2, 0.25) is 5.02 Å². The minimum Gasteiger partial charge on any atom is -0.478 e. The number of nitrogens with zero attached hydrogens (tertiary/aromatic N) is 1. The number of halogens is 1. The van der Waals surface area contributed by atoms with Gasteiger partial charge >= 0.3 is 5.97 Å². The molecule has 1 aliphatic heterocycles. The molecule has 1 amide bonds. The highest BCUT2D eigenvalue weighted by Gasteiger charge is 2.33. The minimum absolute atomic E-state index is 0.103. The molecule has 4 rings (SSSR count). The van der Waals surface area contributed by atoms with Gasteiger partial charge < -0.3 is 9.52 Å². The first-order chi connectivity index (χ1) is 14.3. The highest BCUT2D eigenvalue weighted by Crippen LogP contribution is 2.37. The van der Waals surface area contributed by atoms with Crippen LogP contribution in [0.5, 0.6) is 0 Å². The Labute approximate surface area is 186 Å². The normalized spacial score (nSPS) is 15.3. The van der Waals surface area contributed by atoms with Crippen molar-refractivity contribution in [2.75, 3.05) is 4.90 Å². The van der Waals surface area contributed by atoms with Crippen LogP contribution in [0.4, 0.5) is 5.69 Å². The lowest BCUT2D eigenvalue weighted by atomic mass is 10.1. The van der Waals surface area contributed by atoms with Crippen molar-refractivity contribution in [3.05, 3.63) is 81.4 Å². The number of thioether (sulfide) groups is 1. The Morgan fingerprint density at radius 3 is 2.73 bits per heavy atom. The lowest BCUT2D eigenvalue weighted by Crippen LogP contribution is -2.27. The van der Waals surface area contributed by atoms with Gasteiger partial charge in [-0.3, -0.25) is 9.69 Å². The molecule has 0 aliphatic carbocycles. The number of carboxylic acid groups (broad SMARTS) is 1. The molecular formula is C22H14ClNO4S2. The molecule has 0 radical (unpaired) electrons. The number of anilines is 1. The number of carbonyl (C=O) groups excluding carboxylic acids is 1. The fourth-order valence-corrected chi connectivity index (χ4v) is 4.50. The molecule has 0 atom stereocenters. The van der Waals surface area contributed by atoms with E-state index < -0.39 is 5.97 Å². The third-order valence-electron chi connectivity index (χ3n) is 4.43. The molecule has 0 spiro atoms. The second kappa shape index (κ2) is 8.10. The Kier molecular flexibility index (Phi) is 5.51. The first kappa shape index (κ1) is 20.4. The number of rotatable bonds is 4. The molecule has 3 aromatic rings. The van der Waals surface area contributed by atoms with Gasteiger partial charge in [0, 0.05) is 11.6 Å². The summed E-state index contributed by atoms with van der Waals surface area (Å²) in [6.07, 6.45) is 1.62. The molecule has 2 aromatic carbocycles. The van der Waals surface area contributed by atoms with E-state index in [1.807, 2.05) is 31.2 Å². The number of aryl methyl sites for hydroxylation is 1. The SMILES string of the molecule is Cc1cccc(N2C(=O)/C(=C\c3ccc(-c4cc(C(=O)O)ccc4Cl)o3)SC2=S)c1. The standard InChI is InChI=1S/C22H14ClNO4S2/c1-12-3-2-4-14(9-12)24-20(25)19(30-22(24)29)11-15-6-8-18(28-15)16-10-13(21(26)27)5-7-17(16)23/h2-11H,1H3,(H,26,27)/b19-11+. The van der Waals surface area contributed by atoms with Crippen molar-refractivity contribution in [1.82, 2.24) is 0 Å². The molecule has 1 fully saturated rings. The van der Waals surface area contributed by atoms with Gasteiger partial charge in [0.15, 0.2) is 4.32 Å². The minimum atomic E-state index is -1.06. The molecular weight excluding hydrogens is 442 g/mol. The zero-order valence-corrected chi connectivity index (χ0v) is 18.0. The van der Waals surface area contributed by atoms with Gasteiger partial charge in [0.2, 0.25) is 0 Å². The molecule has 5 nitrogen and oxygen atoms in total. The predicted molar refractivity (Wildman–Crippen MR) is 123 cm³/mol. The zero-order chi connectivity index (χ0) is 21.4. The Morgan fingerprint density at radius 1 is 1.20 bits per heavy atom. The summed E-state index contributed by atoms with van der Waals surface area (Å²) in [7, 11) is 0. The van der Waals surface area contributed by atoms with Gasteiger partial charge in [-0.05, 0) is 55.0 Å². The highest BCUT2D eigenvalue weighted by molar-refractivity contribution is 8.27. The first-order valence-electron chi connectivity index (χ1n) is 8.81. The van der Waals surface area contributed by atoms with E-state index in [0.717, 1.165) is 11.3 Å². The van der Waals surface area contributed by atoms with Crippen molar-refractivity contribution >= 4 is 63.5 Å². The molecule has 0 unspecified atom stereocenters. The third kappa shape index (κ3) is 3.92. The zero-order valence-electron chi connectivity index (χ0n) is 15.6. The maximum Gasteiger partial charge on any atom is 0.335 e. The number of thiocarbonyl (C=S) groups is 1.